The van der Waals surface area contributed by atoms with Crippen LogP contribution in [-0.4, -0.2) is 86.4 Å². The molecule has 0 spiro atoms. The van der Waals surface area contributed by atoms with E-state index in [1.54, 1.807) is 35.2 Å². The van der Waals surface area contributed by atoms with Crippen molar-refractivity contribution in [1.29, 1.82) is 0 Å². The van der Waals surface area contributed by atoms with Crippen LogP contribution in [0.25, 0.3) is 6.08 Å². The predicted octanol–water partition coefficient (Wildman–Crippen LogP) is 3.27. The minimum atomic E-state index is -0.594. The van der Waals surface area contributed by atoms with E-state index in [1.165, 1.54) is 26.4 Å². The number of ether oxygens (including phenoxy) is 4. The number of morpholine rings is 1. The van der Waals surface area contributed by atoms with E-state index in [9.17, 15) is 19.2 Å². The molecule has 0 unspecified atom stereocenters. The first kappa shape index (κ1) is 28.3. The number of rotatable bonds is 9. The van der Waals surface area contributed by atoms with Gasteiger partial charge in [-0.3, -0.25) is 24.1 Å². The van der Waals surface area contributed by atoms with Gasteiger partial charge < -0.3 is 29.2 Å². The molecule has 13 heteroatoms. The number of thioether (sulfide) groups is 1. The first-order chi connectivity index (χ1) is 18.8. The van der Waals surface area contributed by atoms with Crippen molar-refractivity contribution >= 4 is 58.1 Å². The summed E-state index contributed by atoms with van der Waals surface area (Å²) in [5.41, 5.74) is 0.968. The minimum absolute atomic E-state index is 0.151. The van der Waals surface area contributed by atoms with Gasteiger partial charge in [-0.05, 0) is 53.7 Å². The Balaban J connectivity index is 1.38. The highest BCUT2D eigenvalue weighted by atomic mass is 35.5. The molecular formula is C26H26ClN3O8S. The molecule has 0 bridgehead atoms. The van der Waals surface area contributed by atoms with Crippen LogP contribution in [0.4, 0.5) is 10.5 Å². The number of halogens is 1. The first-order valence-electron chi connectivity index (χ1n) is 11.8. The molecule has 4 amide bonds. The van der Waals surface area contributed by atoms with Crippen LogP contribution in [-0.2, 0) is 19.1 Å². The lowest BCUT2D eigenvalue weighted by molar-refractivity contribution is -0.137. The topological polar surface area (TPSA) is 124 Å². The van der Waals surface area contributed by atoms with Crippen LogP contribution in [0.2, 0.25) is 5.02 Å². The van der Waals surface area contributed by atoms with Gasteiger partial charge >= 0.3 is 0 Å². The Bertz CT molecular complexity index is 1310. The molecule has 0 aliphatic carbocycles. The second kappa shape index (κ2) is 12.9. The molecule has 2 aromatic rings. The van der Waals surface area contributed by atoms with Crippen LogP contribution in [0.1, 0.15) is 5.56 Å². The van der Waals surface area contributed by atoms with E-state index in [0.29, 0.717) is 59.8 Å². The Hall–Kier alpha value is -3.74. The average molecular weight is 576 g/mol. The lowest BCUT2D eigenvalue weighted by Gasteiger charge is -2.26. The fraction of sp³-hybridized carbons (Fsp3) is 0.308. The van der Waals surface area contributed by atoms with Crippen molar-refractivity contribution in [1.82, 2.24) is 9.80 Å². The largest absolute Gasteiger partial charge is 0.495 e. The Morgan fingerprint density at radius 2 is 1.77 bits per heavy atom. The number of hydrogen-bond acceptors (Lipinski definition) is 9. The Morgan fingerprint density at radius 3 is 2.46 bits per heavy atom. The monoisotopic (exact) mass is 575 g/mol. The molecule has 11 nitrogen and oxygen atoms in total. The summed E-state index contributed by atoms with van der Waals surface area (Å²) in [5.74, 6) is -0.145. The molecule has 2 aliphatic heterocycles. The van der Waals surface area contributed by atoms with Gasteiger partial charge in [0.25, 0.3) is 17.1 Å². The SMILES string of the molecule is COc1ccc(NC(=O)CN2C(=O)S/C(=C\c3ccc(OCC(=O)N4CCOCC4)c(OC)c3)C2=O)cc1Cl. The Kier molecular flexibility index (Phi) is 9.33. The third-order valence-electron chi connectivity index (χ3n) is 5.81. The summed E-state index contributed by atoms with van der Waals surface area (Å²) in [7, 11) is 2.93. The normalized spacial score (nSPS) is 16.4. The predicted molar refractivity (Wildman–Crippen MR) is 145 cm³/mol. The van der Waals surface area contributed by atoms with Gasteiger partial charge in [0, 0.05) is 18.8 Å². The summed E-state index contributed by atoms with van der Waals surface area (Å²) in [6.45, 7) is 1.42. The zero-order chi connectivity index (χ0) is 27.9. The van der Waals surface area contributed by atoms with Crippen LogP contribution in [0.15, 0.2) is 41.3 Å². The number of amides is 4. The van der Waals surface area contributed by atoms with Gasteiger partial charge in [-0.1, -0.05) is 17.7 Å². The van der Waals surface area contributed by atoms with Crippen LogP contribution >= 0.6 is 23.4 Å². The molecule has 0 saturated carbocycles. The average Bonchev–Trinajstić information content (AvgIpc) is 3.19. The van der Waals surface area contributed by atoms with E-state index in [0.717, 1.165) is 16.7 Å². The molecule has 1 N–H and O–H groups in total. The maximum Gasteiger partial charge on any atom is 0.294 e. The van der Waals surface area contributed by atoms with Gasteiger partial charge in [0.1, 0.15) is 12.3 Å². The standard InChI is InChI=1S/C26H26ClN3O8S/c1-35-19-6-4-17(13-18(19)27)28-23(31)14-30-25(33)22(39-26(30)34)12-16-3-5-20(21(11-16)36-2)38-15-24(32)29-7-9-37-10-8-29/h3-6,11-13H,7-10,14-15H2,1-2H3,(H,28,31)/b22-12-. The summed E-state index contributed by atoms with van der Waals surface area (Å²) in [6.07, 6.45) is 1.53. The first-order valence-corrected chi connectivity index (χ1v) is 13.0. The van der Waals surface area contributed by atoms with Crippen molar-refractivity contribution in [2.75, 3.05) is 59.0 Å². The zero-order valence-corrected chi connectivity index (χ0v) is 22.8. The summed E-state index contributed by atoms with van der Waals surface area (Å²) < 4.78 is 21.4. The number of benzene rings is 2. The van der Waals surface area contributed by atoms with Crippen molar-refractivity contribution in [3.63, 3.8) is 0 Å². The second-order valence-corrected chi connectivity index (χ2v) is 9.76. The number of nitrogens with one attached hydrogen (secondary N) is 1. The lowest BCUT2D eigenvalue weighted by Crippen LogP contribution is -2.43. The number of carbonyl (C=O) groups is 4. The highest BCUT2D eigenvalue weighted by Crippen LogP contribution is 2.35. The third-order valence-corrected chi connectivity index (χ3v) is 7.01. The molecule has 2 aliphatic rings. The van der Waals surface area contributed by atoms with E-state index in [-0.39, 0.29) is 17.4 Å². The van der Waals surface area contributed by atoms with Crippen LogP contribution in [0, 0.1) is 0 Å². The van der Waals surface area contributed by atoms with Gasteiger partial charge in [0.05, 0.1) is 37.4 Å². The third kappa shape index (κ3) is 7.02. The van der Waals surface area contributed by atoms with Crippen molar-refractivity contribution in [3.05, 3.63) is 51.9 Å². The molecule has 2 saturated heterocycles. The van der Waals surface area contributed by atoms with E-state index in [2.05, 4.69) is 5.32 Å². The summed E-state index contributed by atoms with van der Waals surface area (Å²) in [6, 6.07) is 9.61. The highest BCUT2D eigenvalue weighted by molar-refractivity contribution is 8.18. The molecule has 4 rings (SSSR count). The maximum atomic E-state index is 12.9. The number of nitrogens with zero attached hydrogens (tertiary/aromatic N) is 2. The second-order valence-electron chi connectivity index (χ2n) is 8.36. The fourth-order valence-electron chi connectivity index (χ4n) is 3.81. The summed E-state index contributed by atoms with van der Waals surface area (Å²) >= 11 is 6.81. The lowest BCUT2D eigenvalue weighted by atomic mass is 10.2. The molecule has 2 fully saturated rings. The minimum Gasteiger partial charge on any atom is -0.495 e. The van der Waals surface area contributed by atoms with Gasteiger partial charge in [-0.2, -0.15) is 0 Å². The van der Waals surface area contributed by atoms with Crippen LogP contribution in [0.3, 0.4) is 0 Å². The molecule has 2 aromatic carbocycles. The molecule has 206 valence electrons. The summed E-state index contributed by atoms with van der Waals surface area (Å²) in [5, 5.41) is 2.35. The fourth-order valence-corrected chi connectivity index (χ4v) is 4.91. The smallest absolute Gasteiger partial charge is 0.294 e. The Morgan fingerprint density at radius 1 is 1.05 bits per heavy atom. The van der Waals surface area contributed by atoms with Gasteiger partial charge in [-0.15, -0.1) is 0 Å². The highest BCUT2D eigenvalue weighted by Gasteiger charge is 2.36. The van der Waals surface area contributed by atoms with Gasteiger partial charge in [-0.25, -0.2) is 0 Å². The van der Waals surface area contributed by atoms with Crippen LogP contribution < -0.4 is 19.5 Å². The van der Waals surface area contributed by atoms with Crippen molar-refractivity contribution in [3.8, 4) is 17.2 Å². The number of methoxy groups -OCH3 is 2. The van der Waals surface area contributed by atoms with E-state index < -0.39 is 23.6 Å². The number of hydrogen-bond donors (Lipinski definition) is 1. The van der Waals surface area contributed by atoms with Crippen LogP contribution in [0.5, 0.6) is 17.2 Å². The number of anilines is 1. The Labute approximate surface area is 233 Å². The van der Waals surface area contributed by atoms with Crippen molar-refractivity contribution in [2.24, 2.45) is 0 Å². The van der Waals surface area contributed by atoms with E-state index >= 15 is 0 Å². The quantitative estimate of drug-likeness (QED) is 0.449. The molecule has 0 aromatic heterocycles. The van der Waals surface area contributed by atoms with Gasteiger partial charge in [0.15, 0.2) is 18.1 Å². The summed E-state index contributed by atoms with van der Waals surface area (Å²) in [4.78, 5) is 52.9. The van der Waals surface area contributed by atoms with E-state index in [4.69, 9.17) is 30.5 Å². The molecule has 39 heavy (non-hydrogen) atoms. The number of carbonyl (C=O) groups excluding carboxylic acids is 4. The zero-order valence-electron chi connectivity index (χ0n) is 21.2. The molecule has 0 atom stereocenters. The molecule has 2 heterocycles. The van der Waals surface area contributed by atoms with Crippen molar-refractivity contribution in [2.45, 2.75) is 0 Å². The van der Waals surface area contributed by atoms with E-state index in [1.807, 2.05) is 0 Å². The molecule has 0 radical (unpaired) electrons. The maximum absolute atomic E-state index is 12.9. The van der Waals surface area contributed by atoms with Crippen molar-refractivity contribution < 1.29 is 38.1 Å². The van der Waals surface area contributed by atoms with Gasteiger partial charge in [0.2, 0.25) is 5.91 Å². The molecular weight excluding hydrogens is 550 g/mol. The number of imide groups is 1.